The predicted molar refractivity (Wildman–Crippen MR) is 103 cm³/mol. The van der Waals surface area contributed by atoms with E-state index in [-0.39, 0.29) is 30.1 Å². The number of aromatic amines is 1. The van der Waals surface area contributed by atoms with Crippen LogP contribution in [-0.4, -0.2) is 16.9 Å². The SMILES string of the molecule is O=C(NCc1cccc(=O)[nH]1)c1ccc2c(c1)CC(c1ccccc1)OC2=O. The minimum Gasteiger partial charge on any atom is -0.454 e. The lowest BCUT2D eigenvalue weighted by atomic mass is 9.93. The van der Waals surface area contributed by atoms with Crippen molar-refractivity contribution in [2.75, 3.05) is 0 Å². The second-order valence-electron chi connectivity index (χ2n) is 6.60. The van der Waals surface area contributed by atoms with Crippen molar-refractivity contribution >= 4 is 11.9 Å². The van der Waals surface area contributed by atoms with Crippen LogP contribution in [0.3, 0.4) is 0 Å². The van der Waals surface area contributed by atoms with Crippen LogP contribution in [0.25, 0.3) is 0 Å². The van der Waals surface area contributed by atoms with Gasteiger partial charge in [0.25, 0.3) is 5.91 Å². The molecule has 4 rings (SSSR count). The summed E-state index contributed by atoms with van der Waals surface area (Å²) >= 11 is 0. The van der Waals surface area contributed by atoms with E-state index in [4.69, 9.17) is 4.74 Å². The van der Waals surface area contributed by atoms with E-state index in [2.05, 4.69) is 10.3 Å². The molecule has 1 unspecified atom stereocenters. The molecule has 0 saturated carbocycles. The van der Waals surface area contributed by atoms with Crippen LogP contribution in [0.1, 0.15) is 43.6 Å². The average molecular weight is 374 g/mol. The summed E-state index contributed by atoms with van der Waals surface area (Å²) < 4.78 is 5.54. The number of nitrogens with one attached hydrogen (secondary N) is 2. The van der Waals surface area contributed by atoms with E-state index in [9.17, 15) is 14.4 Å². The van der Waals surface area contributed by atoms with E-state index in [1.54, 1.807) is 30.3 Å². The number of hydrogen-bond donors (Lipinski definition) is 2. The van der Waals surface area contributed by atoms with Crippen LogP contribution in [0.5, 0.6) is 0 Å². The fourth-order valence-electron chi connectivity index (χ4n) is 3.26. The van der Waals surface area contributed by atoms with Gasteiger partial charge in [0.05, 0.1) is 12.1 Å². The van der Waals surface area contributed by atoms with Crippen LogP contribution in [0.2, 0.25) is 0 Å². The quantitative estimate of drug-likeness (QED) is 0.688. The van der Waals surface area contributed by atoms with Crippen molar-refractivity contribution in [3.8, 4) is 0 Å². The van der Waals surface area contributed by atoms with Crippen molar-refractivity contribution in [1.82, 2.24) is 10.3 Å². The largest absolute Gasteiger partial charge is 0.454 e. The van der Waals surface area contributed by atoms with Gasteiger partial charge in [-0.25, -0.2) is 4.79 Å². The van der Waals surface area contributed by atoms with Crippen molar-refractivity contribution in [2.24, 2.45) is 0 Å². The molecule has 0 aliphatic carbocycles. The lowest BCUT2D eigenvalue weighted by Crippen LogP contribution is -2.26. The molecule has 2 N–H and O–H groups in total. The van der Waals surface area contributed by atoms with Crippen LogP contribution >= 0.6 is 0 Å². The molecule has 1 amide bonds. The van der Waals surface area contributed by atoms with Crippen molar-refractivity contribution in [3.63, 3.8) is 0 Å². The Balaban J connectivity index is 1.52. The van der Waals surface area contributed by atoms with Gasteiger partial charge in [-0.3, -0.25) is 9.59 Å². The second kappa shape index (κ2) is 7.52. The molecule has 0 bridgehead atoms. The summed E-state index contributed by atoms with van der Waals surface area (Å²) in [6.45, 7) is 0.209. The number of carbonyl (C=O) groups excluding carboxylic acids is 2. The van der Waals surface area contributed by atoms with E-state index in [1.807, 2.05) is 30.3 Å². The molecule has 0 spiro atoms. The van der Waals surface area contributed by atoms with Crippen LogP contribution in [-0.2, 0) is 17.7 Å². The Labute approximate surface area is 161 Å². The third-order valence-corrected chi connectivity index (χ3v) is 4.68. The Kier molecular flexibility index (Phi) is 4.76. The fraction of sp³-hybridized carbons (Fsp3) is 0.136. The number of ether oxygens (including phenoxy) is 1. The summed E-state index contributed by atoms with van der Waals surface area (Å²) in [5, 5.41) is 2.78. The number of aromatic nitrogens is 1. The first-order valence-corrected chi connectivity index (χ1v) is 8.95. The molecule has 0 saturated heterocycles. The number of amides is 1. The van der Waals surface area contributed by atoms with Crippen molar-refractivity contribution in [2.45, 2.75) is 19.1 Å². The fourth-order valence-corrected chi connectivity index (χ4v) is 3.26. The first-order valence-electron chi connectivity index (χ1n) is 8.95. The number of carbonyl (C=O) groups is 2. The maximum atomic E-state index is 12.5. The number of rotatable bonds is 4. The van der Waals surface area contributed by atoms with Gasteiger partial charge >= 0.3 is 5.97 Å². The third kappa shape index (κ3) is 3.71. The summed E-state index contributed by atoms with van der Waals surface area (Å²) in [5.74, 6) is -0.661. The topological polar surface area (TPSA) is 88.3 Å². The van der Waals surface area contributed by atoms with E-state index >= 15 is 0 Å². The highest BCUT2D eigenvalue weighted by Gasteiger charge is 2.28. The van der Waals surface area contributed by atoms with Gasteiger partial charge in [0, 0.05) is 23.7 Å². The molecule has 140 valence electrons. The lowest BCUT2D eigenvalue weighted by molar-refractivity contribution is 0.0252. The van der Waals surface area contributed by atoms with Gasteiger partial charge in [-0.2, -0.15) is 0 Å². The molecular weight excluding hydrogens is 356 g/mol. The maximum Gasteiger partial charge on any atom is 0.339 e. The van der Waals surface area contributed by atoms with Gasteiger partial charge in [-0.1, -0.05) is 36.4 Å². The molecule has 3 aromatic rings. The van der Waals surface area contributed by atoms with Gasteiger partial charge in [0.15, 0.2) is 0 Å². The molecule has 2 heterocycles. The Morgan fingerprint density at radius 1 is 1.04 bits per heavy atom. The molecule has 1 aromatic heterocycles. The molecule has 1 aliphatic heterocycles. The Morgan fingerprint density at radius 2 is 1.86 bits per heavy atom. The first kappa shape index (κ1) is 17.7. The number of benzene rings is 2. The minimum absolute atomic E-state index is 0.209. The predicted octanol–water partition coefficient (Wildman–Crippen LogP) is 2.76. The zero-order valence-corrected chi connectivity index (χ0v) is 15.0. The van der Waals surface area contributed by atoms with Crippen molar-refractivity contribution in [1.29, 1.82) is 0 Å². The molecular formula is C22H18N2O4. The summed E-state index contributed by atoms with van der Waals surface area (Å²) in [6.07, 6.45) is 0.145. The standard InChI is InChI=1S/C22H18N2O4/c25-20-8-4-7-17(24-20)13-23-21(26)15-9-10-18-16(11-15)12-19(28-22(18)27)14-5-2-1-3-6-14/h1-11,19H,12-13H2,(H,23,26)(H,24,25). The van der Waals surface area contributed by atoms with E-state index in [0.29, 0.717) is 23.2 Å². The van der Waals surface area contributed by atoms with Crippen molar-refractivity contribution < 1.29 is 14.3 Å². The Hall–Kier alpha value is -3.67. The summed E-state index contributed by atoms with van der Waals surface area (Å²) in [4.78, 5) is 38.8. The van der Waals surface area contributed by atoms with E-state index < -0.39 is 0 Å². The highest BCUT2D eigenvalue weighted by atomic mass is 16.5. The number of fused-ring (bicyclic) bond motifs is 1. The zero-order chi connectivity index (χ0) is 19.5. The van der Waals surface area contributed by atoms with Gasteiger partial charge in [-0.05, 0) is 35.4 Å². The Morgan fingerprint density at radius 3 is 2.64 bits per heavy atom. The lowest BCUT2D eigenvalue weighted by Gasteiger charge is -2.25. The number of cyclic esters (lactones) is 1. The summed E-state index contributed by atoms with van der Waals surface area (Å²) in [7, 11) is 0. The molecule has 6 heteroatoms. The highest BCUT2D eigenvalue weighted by molar-refractivity contribution is 5.97. The van der Waals surface area contributed by atoms with E-state index in [0.717, 1.165) is 11.1 Å². The number of esters is 1. The van der Waals surface area contributed by atoms with Gasteiger partial charge in [-0.15, -0.1) is 0 Å². The molecule has 0 fully saturated rings. The molecule has 1 aliphatic rings. The van der Waals surface area contributed by atoms with E-state index in [1.165, 1.54) is 6.07 Å². The van der Waals surface area contributed by atoms with Crippen LogP contribution < -0.4 is 10.9 Å². The smallest absolute Gasteiger partial charge is 0.339 e. The summed E-state index contributed by atoms with van der Waals surface area (Å²) in [6, 6.07) is 19.3. The monoisotopic (exact) mass is 374 g/mol. The molecule has 6 nitrogen and oxygen atoms in total. The van der Waals surface area contributed by atoms with Crippen LogP contribution in [0.4, 0.5) is 0 Å². The number of pyridine rings is 1. The molecule has 2 aromatic carbocycles. The maximum absolute atomic E-state index is 12.5. The first-order chi connectivity index (χ1) is 13.6. The van der Waals surface area contributed by atoms with Crippen molar-refractivity contribution in [3.05, 3.63) is 105 Å². The average Bonchev–Trinajstić information content (AvgIpc) is 2.72. The van der Waals surface area contributed by atoms with Gasteiger partial charge < -0.3 is 15.0 Å². The molecule has 28 heavy (non-hydrogen) atoms. The molecule has 0 radical (unpaired) electrons. The highest BCUT2D eigenvalue weighted by Crippen LogP contribution is 2.31. The number of hydrogen-bond acceptors (Lipinski definition) is 4. The van der Waals surface area contributed by atoms with Gasteiger partial charge in [0.2, 0.25) is 5.56 Å². The zero-order valence-electron chi connectivity index (χ0n) is 15.0. The number of H-pyrrole nitrogens is 1. The third-order valence-electron chi connectivity index (χ3n) is 4.68. The summed E-state index contributed by atoms with van der Waals surface area (Å²) in [5.41, 5.74) is 3.04. The second-order valence-corrected chi connectivity index (χ2v) is 6.60. The van der Waals surface area contributed by atoms with Crippen LogP contribution in [0.15, 0.2) is 71.5 Å². The molecule has 1 atom stereocenters. The van der Waals surface area contributed by atoms with Crippen LogP contribution in [0, 0.1) is 0 Å². The normalized spacial score (nSPS) is 15.4. The Bertz CT molecular complexity index is 1090. The minimum atomic E-state index is -0.385. The van der Waals surface area contributed by atoms with Gasteiger partial charge in [0.1, 0.15) is 6.10 Å².